The predicted octanol–water partition coefficient (Wildman–Crippen LogP) is 6.05. The fraction of sp³-hybridized carbons (Fsp3) is 0.267. The van der Waals surface area contributed by atoms with Crippen LogP contribution in [0.25, 0.3) is 5.76 Å². The van der Waals surface area contributed by atoms with Crippen LogP contribution in [0.2, 0.25) is 0 Å². The van der Waals surface area contributed by atoms with Gasteiger partial charge >= 0.3 is 0 Å². The second-order valence-corrected chi connectivity index (χ2v) is 9.24. The van der Waals surface area contributed by atoms with Gasteiger partial charge in [0.15, 0.2) is 0 Å². The lowest BCUT2D eigenvalue weighted by molar-refractivity contribution is -0.132. The van der Waals surface area contributed by atoms with E-state index in [1.165, 1.54) is 4.90 Å². The monoisotopic (exact) mass is 485 g/mol. The average Bonchev–Trinajstić information content (AvgIpc) is 3.14. The second-order valence-electron chi connectivity index (χ2n) is 9.24. The van der Waals surface area contributed by atoms with Gasteiger partial charge in [0.05, 0.1) is 24.8 Å². The van der Waals surface area contributed by atoms with E-state index in [0.29, 0.717) is 47.4 Å². The summed E-state index contributed by atoms with van der Waals surface area (Å²) >= 11 is 0. The minimum atomic E-state index is -0.815. The lowest BCUT2D eigenvalue weighted by atomic mass is 9.95. The van der Waals surface area contributed by atoms with E-state index in [2.05, 4.69) is 13.8 Å². The topological polar surface area (TPSA) is 76.1 Å². The van der Waals surface area contributed by atoms with Crippen LogP contribution in [0.15, 0.2) is 78.4 Å². The summed E-state index contributed by atoms with van der Waals surface area (Å²) in [5.74, 6) is 0.00932. The maximum absolute atomic E-state index is 13.3. The molecule has 1 heterocycles. The number of rotatable bonds is 8. The van der Waals surface area contributed by atoms with Crippen molar-refractivity contribution in [3.8, 4) is 11.5 Å². The lowest BCUT2D eigenvalue weighted by Crippen LogP contribution is -2.29. The molecular formula is C30H31NO5. The number of benzene rings is 3. The average molecular weight is 486 g/mol. The maximum Gasteiger partial charge on any atom is 0.300 e. The summed E-state index contributed by atoms with van der Waals surface area (Å²) in [6.07, 6.45) is 0. The Bertz CT molecular complexity index is 1280. The number of Topliss-reactive ketones (excluding diaryl/α,β-unsaturated/α-hetero) is 1. The Labute approximate surface area is 211 Å². The molecule has 4 rings (SSSR count). The summed E-state index contributed by atoms with van der Waals surface area (Å²) in [6.45, 7) is 9.02. The number of aryl methyl sites for hydroxylation is 1. The van der Waals surface area contributed by atoms with E-state index < -0.39 is 17.7 Å². The van der Waals surface area contributed by atoms with Crippen molar-refractivity contribution in [3.05, 3.63) is 95.1 Å². The molecule has 3 aromatic carbocycles. The molecular weight excluding hydrogens is 454 g/mol. The Hall–Kier alpha value is -4.06. The van der Waals surface area contributed by atoms with Crippen molar-refractivity contribution in [3.63, 3.8) is 0 Å². The van der Waals surface area contributed by atoms with E-state index in [1.807, 2.05) is 44.2 Å². The van der Waals surface area contributed by atoms with Gasteiger partial charge in [-0.3, -0.25) is 14.5 Å². The molecule has 0 saturated carbocycles. The molecule has 6 nitrogen and oxygen atoms in total. The van der Waals surface area contributed by atoms with Crippen LogP contribution in [0, 0.1) is 12.8 Å². The third-order valence-corrected chi connectivity index (χ3v) is 5.95. The summed E-state index contributed by atoms with van der Waals surface area (Å²) in [5, 5.41) is 11.3. The maximum atomic E-state index is 13.3. The number of carbonyl (C=O) groups excluding carboxylic acids is 2. The smallest absolute Gasteiger partial charge is 0.300 e. The van der Waals surface area contributed by atoms with Gasteiger partial charge in [-0.15, -0.1) is 0 Å². The number of nitrogens with zero attached hydrogens (tertiary/aromatic N) is 1. The highest BCUT2D eigenvalue weighted by atomic mass is 16.5. The summed E-state index contributed by atoms with van der Waals surface area (Å²) < 4.78 is 11.4. The number of ether oxygens (including phenoxy) is 2. The molecule has 1 atom stereocenters. The van der Waals surface area contributed by atoms with Crippen LogP contribution < -0.4 is 14.4 Å². The van der Waals surface area contributed by atoms with E-state index in [9.17, 15) is 14.7 Å². The van der Waals surface area contributed by atoms with Crippen molar-refractivity contribution < 1.29 is 24.2 Å². The predicted molar refractivity (Wildman–Crippen MR) is 140 cm³/mol. The van der Waals surface area contributed by atoms with E-state index in [4.69, 9.17) is 9.47 Å². The summed E-state index contributed by atoms with van der Waals surface area (Å²) in [6, 6.07) is 20.7. The number of aliphatic hydroxyl groups excluding tert-OH is 1. The van der Waals surface area contributed by atoms with Gasteiger partial charge in [0, 0.05) is 11.3 Å². The van der Waals surface area contributed by atoms with E-state index in [1.54, 1.807) is 42.5 Å². The van der Waals surface area contributed by atoms with Crippen molar-refractivity contribution in [2.75, 3.05) is 18.1 Å². The molecule has 1 fully saturated rings. The standard InChI is InChI=1S/C30H31NO5/c1-5-35-25-8-6-7-22(17-25)27-26(28(32)21-11-15-24(16-12-21)36-18-19(2)3)29(33)30(34)31(27)23-13-9-20(4)10-14-23/h6-17,19,27,32H,5,18H2,1-4H3/b28-26-. The minimum Gasteiger partial charge on any atom is -0.507 e. The van der Waals surface area contributed by atoms with Crippen LogP contribution in [-0.2, 0) is 9.59 Å². The number of anilines is 1. The van der Waals surface area contributed by atoms with Crippen molar-refractivity contribution >= 4 is 23.1 Å². The van der Waals surface area contributed by atoms with Crippen molar-refractivity contribution in [1.82, 2.24) is 0 Å². The number of amides is 1. The van der Waals surface area contributed by atoms with Crippen LogP contribution >= 0.6 is 0 Å². The Balaban J connectivity index is 1.82. The van der Waals surface area contributed by atoms with Crippen LogP contribution in [-0.4, -0.2) is 30.0 Å². The Morgan fingerprint density at radius 3 is 2.28 bits per heavy atom. The number of ketones is 1. The number of hydrogen-bond donors (Lipinski definition) is 1. The van der Waals surface area contributed by atoms with E-state index >= 15 is 0 Å². The number of carbonyl (C=O) groups is 2. The number of hydrogen-bond acceptors (Lipinski definition) is 5. The van der Waals surface area contributed by atoms with Gasteiger partial charge in [-0.05, 0) is 73.9 Å². The molecule has 1 aliphatic rings. The zero-order valence-corrected chi connectivity index (χ0v) is 21.0. The van der Waals surface area contributed by atoms with Crippen LogP contribution in [0.5, 0.6) is 11.5 Å². The molecule has 1 amide bonds. The van der Waals surface area contributed by atoms with Crippen LogP contribution in [0.1, 0.15) is 43.5 Å². The Morgan fingerprint density at radius 1 is 0.944 bits per heavy atom. The fourth-order valence-electron chi connectivity index (χ4n) is 4.19. The molecule has 1 aliphatic heterocycles. The molecule has 0 aliphatic carbocycles. The Morgan fingerprint density at radius 2 is 1.64 bits per heavy atom. The molecule has 0 spiro atoms. The van der Waals surface area contributed by atoms with Gasteiger partial charge in [-0.2, -0.15) is 0 Å². The van der Waals surface area contributed by atoms with Crippen molar-refractivity contribution in [2.45, 2.75) is 33.7 Å². The molecule has 0 aromatic heterocycles. The van der Waals surface area contributed by atoms with Crippen molar-refractivity contribution in [2.24, 2.45) is 5.92 Å². The summed E-state index contributed by atoms with van der Waals surface area (Å²) in [7, 11) is 0. The zero-order chi connectivity index (χ0) is 25.8. The van der Waals surface area contributed by atoms with Gasteiger partial charge in [0.2, 0.25) is 0 Å². The molecule has 6 heteroatoms. The van der Waals surface area contributed by atoms with Gasteiger partial charge < -0.3 is 14.6 Å². The molecule has 36 heavy (non-hydrogen) atoms. The van der Waals surface area contributed by atoms with Gasteiger partial charge in [0.25, 0.3) is 11.7 Å². The molecule has 3 aromatic rings. The largest absolute Gasteiger partial charge is 0.507 e. The third-order valence-electron chi connectivity index (χ3n) is 5.95. The van der Waals surface area contributed by atoms with Gasteiger partial charge in [-0.25, -0.2) is 0 Å². The minimum absolute atomic E-state index is 0.0325. The summed E-state index contributed by atoms with van der Waals surface area (Å²) in [5.41, 5.74) is 2.74. The number of aliphatic hydroxyl groups is 1. The first-order valence-corrected chi connectivity index (χ1v) is 12.1. The molecule has 186 valence electrons. The second kappa shape index (κ2) is 10.7. The summed E-state index contributed by atoms with van der Waals surface area (Å²) in [4.78, 5) is 28.1. The van der Waals surface area contributed by atoms with E-state index in [-0.39, 0.29) is 11.3 Å². The first kappa shape index (κ1) is 25.0. The van der Waals surface area contributed by atoms with Gasteiger partial charge in [0.1, 0.15) is 17.3 Å². The highest BCUT2D eigenvalue weighted by molar-refractivity contribution is 6.51. The van der Waals surface area contributed by atoms with Gasteiger partial charge in [-0.1, -0.05) is 43.7 Å². The lowest BCUT2D eigenvalue weighted by Gasteiger charge is -2.26. The molecule has 1 N–H and O–H groups in total. The van der Waals surface area contributed by atoms with E-state index in [0.717, 1.165) is 5.56 Å². The highest BCUT2D eigenvalue weighted by Gasteiger charge is 2.47. The van der Waals surface area contributed by atoms with Crippen molar-refractivity contribution in [1.29, 1.82) is 0 Å². The first-order chi connectivity index (χ1) is 17.3. The molecule has 0 bridgehead atoms. The van der Waals surface area contributed by atoms with Crippen LogP contribution in [0.3, 0.4) is 0 Å². The molecule has 1 unspecified atom stereocenters. The first-order valence-electron chi connectivity index (χ1n) is 12.1. The highest BCUT2D eigenvalue weighted by Crippen LogP contribution is 2.43. The van der Waals surface area contributed by atoms with Crippen LogP contribution in [0.4, 0.5) is 5.69 Å². The third kappa shape index (κ3) is 5.13. The zero-order valence-electron chi connectivity index (χ0n) is 21.0. The molecule has 1 saturated heterocycles. The Kier molecular flexibility index (Phi) is 7.44. The quantitative estimate of drug-likeness (QED) is 0.239. The molecule has 0 radical (unpaired) electrons. The SMILES string of the molecule is CCOc1cccc(C2/C(=C(/O)c3ccc(OCC(C)C)cc3)C(=O)C(=O)N2c2ccc(C)cc2)c1. The fourth-order valence-corrected chi connectivity index (χ4v) is 4.19. The normalized spacial score (nSPS) is 17.0.